The van der Waals surface area contributed by atoms with E-state index in [9.17, 15) is 4.79 Å². The Balaban J connectivity index is 2.07. The van der Waals surface area contributed by atoms with E-state index in [-0.39, 0.29) is 12.0 Å². The van der Waals surface area contributed by atoms with Crippen LogP contribution in [0.1, 0.15) is 30.1 Å². The topological polar surface area (TPSA) is 42.4 Å². The first-order valence-corrected chi connectivity index (χ1v) is 6.60. The Bertz CT molecular complexity index is 423. The molecule has 1 aromatic heterocycles. The minimum atomic E-state index is -0.0579. The molecule has 1 fully saturated rings. The predicted octanol–water partition coefficient (Wildman–Crippen LogP) is 2.38. The third-order valence-corrected chi connectivity index (χ3v) is 3.40. The first kappa shape index (κ1) is 13.3. The Hall–Kier alpha value is -1.13. The maximum atomic E-state index is 12.3. The molecule has 0 aromatic carbocycles. The van der Waals surface area contributed by atoms with Gasteiger partial charge in [-0.25, -0.2) is 0 Å². The summed E-state index contributed by atoms with van der Waals surface area (Å²) in [7, 11) is 0. The predicted molar refractivity (Wildman–Crippen MR) is 69.8 cm³/mol. The van der Waals surface area contributed by atoms with Gasteiger partial charge < -0.3 is 9.64 Å². The lowest BCUT2D eigenvalue weighted by Gasteiger charge is -2.32. The van der Waals surface area contributed by atoms with Crippen molar-refractivity contribution in [1.82, 2.24) is 9.88 Å². The summed E-state index contributed by atoms with van der Waals surface area (Å²) in [5.74, 6) is -0.0579. The molecule has 18 heavy (non-hydrogen) atoms. The summed E-state index contributed by atoms with van der Waals surface area (Å²) >= 11 is 6.02. The summed E-state index contributed by atoms with van der Waals surface area (Å²) in [4.78, 5) is 18.1. The van der Waals surface area contributed by atoms with Crippen molar-refractivity contribution < 1.29 is 9.53 Å². The molecular formula is C13H17ClN2O2. The number of ether oxygens (including phenoxy) is 1. The number of carbonyl (C=O) groups is 1. The van der Waals surface area contributed by atoms with Crippen molar-refractivity contribution in [3.63, 3.8) is 0 Å². The van der Waals surface area contributed by atoms with Crippen molar-refractivity contribution in [2.24, 2.45) is 0 Å². The van der Waals surface area contributed by atoms with Crippen LogP contribution in [-0.4, -0.2) is 41.6 Å². The number of amides is 1. The third kappa shape index (κ3) is 3.00. The molecule has 2 rings (SSSR count). The van der Waals surface area contributed by atoms with Gasteiger partial charge in [0.05, 0.1) is 16.7 Å². The van der Waals surface area contributed by atoms with E-state index in [0.717, 1.165) is 19.4 Å². The van der Waals surface area contributed by atoms with Crippen LogP contribution in [0.2, 0.25) is 5.02 Å². The summed E-state index contributed by atoms with van der Waals surface area (Å²) < 4.78 is 5.59. The smallest absolute Gasteiger partial charge is 0.257 e. The summed E-state index contributed by atoms with van der Waals surface area (Å²) in [6, 6.07) is 1.64. The molecule has 98 valence electrons. The second kappa shape index (κ2) is 6.16. The molecule has 2 heterocycles. The number of halogens is 1. The molecule has 0 radical (unpaired) electrons. The molecule has 0 spiro atoms. The SMILES string of the molecule is CCOC1CCCN(C(=O)c2cnccc2Cl)C1. The molecule has 1 saturated heterocycles. The minimum absolute atomic E-state index is 0.0579. The van der Waals surface area contributed by atoms with Gasteiger partial charge in [-0.3, -0.25) is 9.78 Å². The van der Waals surface area contributed by atoms with Crippen molar-refractivity contribution >= 4 is 17.5 Å². The molecule has 1 amide bonds. The first-order chi connectivity index (χ1) is 8.72. The molecule has 1 unspecified atom stereocenters. The van der Waals surface area contributed by atoms with Crippen LogP contribution >= 0.6 is 11.6 Å². The largest absolute Gasteiger partial charge is 0.377 e. The van der Waals surface area contributed by atoms with Crippen LogP contribution in [0.5, 0.6) is 0 Å². The fourth-order valence-electron chi connectivity index (χ4n) is 2.20. The average molecular weight is 269 g/mol. The lowest BCUT2D eigenvalue weighted by molar-refractivity contribution is 0.00723. The summed E-state index contributed by atoms with van der Waals surface area (Å²) in [5.41, 5.74) is 0.469. The minimum Gasteiger partial charge on any atom is -0.377 e. The molecule has 5 heteroatoms. The van der Waals surface area contributed by atoms with Crippen molar-refractivity contribution in [2.75, 3.05) is 19.7 Å². The van der Waals surface area contributed by atoms with E-state index < -0.39 is 0 Å². The van der Waals surface area contributed by atoms with E-state index in [1.807, 2.05) is 6.92 Å². The van der Waals surface area contributed by atoms with E-state index in [1.165, 1.54) is 6.20 Å². The number of nitrogens with zero attached hydrogens (tertiary/aromatic N) is 2. The first-order valence-electron chi connectivity index (χ1n) is 6.22. The number of pyridine rings is 1. The van der Waals surface area contributed by atoms with Crippen LogP contribution in [0, 0.1) is 0 Å². The van der Waals surface area contributed by atoms with E-state index in [4.69, 9.17) is 16.3 Å². The summed E-state index contributed by atoms with van der Waals surface area (Å²) in [6.07, 6.45) is 5.23. The fourth-order valence-corrected chi connectivity index (χ4v) is 2.39. The maximum absolute atomic E-state index is 12.3. The summed E-state index contributed by atoms with van der Waals surface area (Å²) in [5, 5.41) is 0.452. The van der Waals surface area contributed by atoms with Crippen LogP contribution in [0.4, 0.5) is 0 Å². The third-order valence-electron chi connectivity index (χ3n) is 3.07. The second-order valence-corrected chi connectivity index (χ2v) is 4.73. The average Bonchev–Trinajstić information content (AvgIpc) is 2.39. The van der Waals surface area contributed by atoms with Gasteiger partial charge in [-0.1, -0.05) is 11.6 Å². The van der Waals surface area contributed by atoms with E-state index in [2.05, 4.69) is 4.98 Å². The van der Waals surface area contributed by atoms with Crippen LogP contribution in [0.25, 0.3) is 0 Å². The molecular weight excluding hydrogens is 252 g/mol. The molecule has 1 aliphatic heterocycles. The molecule has 0 aliphatic carbocycles. The van der Waals surface area contributed by atoms with Gasteiger partial charge in [0.1, 0.15) is 0 Å². The number of rotatable bonds is 3. The van der Waals surface area contributed by atoms with Crippen LogP contribution in [0.3, 0.4) is 0 Å². The second-order valence-electron chi connectivity index (χ2n) is 4.33. The van der Waals surface area contributed by atoms with Gasteiger partial charge in [-0.05, 0) is 25.8 Å². The van der Waals surface area contributed by atoms with Crippen LogP contribution in [0.15, 0.2) is 18.5 Å². The van der Waals surface area contributed by atoms with Gasteiger partial charge in [0.2, 0.25) is 0 Å². The number of piperidine rings is 1. The zero-order valence-corrected chi connectivity index (χ0v) is 11.2. The number of carbonyl (C=O) groups excluding carboxylic acids is 1. The highest BCUT2D eigenvalue weighted by atomic mass is 35.5. The van der Waals surface area contributed by atoms with Crippen molar-refractivity contribution in [2.45, 2.75) is 25.9 Å². The zero-order valence-electron chi connectivity index (χ0n) is 10.4. The standard InChI is InChI=1S/C13H17ClN2O2/c1-2-18-10-4-3-7-16(9-10)13(17)11-8-15-6-5-12(11)14/h5-6,8,10H,2-4,7,9H2,1H3. The summed E-state index contributed by atoms with van der Waals surface area (Å²) in [6.45, 7) is 4.05. The van der Waals surface area contributed by atoms with Crippen molar-refractivity contribution in [3.05, 3.63) is 29.0 Å². The van der Waals surface area contributed by atoms with Gasteiger partial charge in [-0.15, -0.1) is 0 Å². The highest BCUT2D eigenvalue weighted by Gasteiger charge is 2.25. The molecule has 0 N–H and O–H groups in total. The highest BCUT2D eigenvalue weighted by molar-refractivity contribution is 6.33. The van der Waals surface area contributed by atoms with E-state index in [1.54, 1.807) is 17.2 Å². The molecule has 0 bridgehead atoms. The Labute approximate surface area is 112 Å². The van der Waals surface area contributed by atoms with Gasteiger partial charge in [0.15, 0.2) is 0 Å². The normalized spacial score (nSPS) is 19.9. The number of aromatic nitrogens is 1. The number of hydrogen-bond acceptors (Lipinski definition) is 3. The van der Waals surface area contributed by atoms with Crippen LogP contribution in [-0.2, 0) is 4.74 Å². The van der Waals surface area contributed by atoms with Gasteiger partial charge in [-0.2, -0.15) is 0 Å². The van der Waals surface area contributed by atoms with Gasteiger partial charge >= 0.3 is 0 Å². The zero-order chi connectivity index (χ0) is 13.0. The molecule has 4 nitrogen and oxygen atoms in total. The fraction of sp³-hybridized carbons (Fsp3) is 0.538. The maximum Gasteiger partial charge on any atom is 0.257 e. The van der Waals surface area contributed by atoms with Gasteiger partial charge in [0.25, 0.3) is 5.91 Å². The lowest BCUT2D eigenvalue weighted by atomic mass is 10.1. The highest BCUT2D eigenvalue weighted by Crippen LogP contribution is 2.20. The lowest BCUT2D eigenvalue weighted by Crippen LogP contribution is -2.43. The molecule has 1 aliphatic rings. The van der Waals surface area contributed by atoms with E-state index >= 15 is 0 Å². The Kier molecular flexibility index (Phi) is 4.55. The van der Waals surface area contributed by atoms with E-state index in [0.29, 0.717) is 23.7 Å². The number of likely N-dealkylation sites (tertiary alicyclic amines) is 1. The molecule has 1 atom stereocenters. The Morgan fingerprint density at radius 2 is 2.50 bits per heavy atom. The molecule has 1 aromatic rings. The quantitative estimate of drug-likeness (QED) is 0.845. The monoisotopic (exact) mass is 268 g/mol. The Morgan fingerprint density at radius 3 is 3.22 bits per heavy atom. The number of hydrogen-bond donors (Lipinski definition) is 0. The Morgan fingerprint density at radius 1 is 1.67 bits per heavy atom. The van der Waals surface area contributed by atoms with Crippen molar-refractivity contribution in [3.8, 4) is 0 Å². The van der Waals surface area contributed by atoms with Crippen LogP contribution < -0.4 is 0 Å². The molecule has 0 saturated carbocycles. The van der Waals surface area contributed by atoms with Crippen molar-refractivity contribution in [1.29, 1.82) is 0 Å². The van der Waals surface area contributed by atoms with Gasteiger partial charge in [0, 0.05) is 32.1 Å².